The molecule has 2 atom stereocenters. The molecule has 6 heteroatoms. The lowest BCUT2D eigenvalue weighted by atomic mass is 10.0. The van der Waals surface area contributed by atoms with Crippen molar-refractivity contribution in [3.63, 3.8) is 0 Å². The van der Waals surface area contributed by atoms with Crippen LogP contribution in [0.3, 0.4) is 0 Å². The summed E-state index contributed by atoms with van der Waals surface area (Å²) < 4.78 is 5.46. The number of hydrogen-bond donors (Lipinski definition) is 3. The van der Waals surface area contributed by atoms with Gasteiger partial charge >= 0.3 is 5.97 Å². The molecular weight excluding hydrogens is 767 g/mol. The van der Waals surface area contributed by atoms with Gasteiger partial charge in [0.1, 0.15) is 0 Å². The first-order valence-electron chi connectivity index (χ1n) is 27.2. The second-order valence-electron chi connectivity index (χ2n) is 18.6. The van der Waals surface area contributed by atoms with Crippen LogP contribution in [0.15, 0.2) is 36.5 Å². The fourth-order valence-corrected chi connectivity index (χ4v) is 8.19. The average Bonchev–Trinajstić information content (AvgIpc) is 3.27. The average molecular weight is 872 g/mol. The molecule has 3 N–H and O–H groups in total. The van der Waals surface area contributed by atoms with Crippen molar-refractivity contribution in [3.05, 3.63) is 36.5 Å². The minimum absolute atomic E-state index is 0.0171. The van der Waals surface area contributed by atoms with Crippen molar-refractivity contribution in [2.24, 2.45) is 0 Å². The fourth-order valence-electron chi connectivity index (χ4n) is 8.19. The lowest BCUT2D eigenvalue weighted by Gasteiger charge is -2.22. The van der Waals surface area contributed by atoms with Crippen molar-refractivity contribution < 1.29 is 24.5 Å². The van der Waals surface area contributed by atoms with Gasteiger partial charge in [-0.05, 0) is 83.5 Å². The molecule has 0 spiro atoms. The summed E-state index contributed by atoms with van der Waals surface area (Å²) in [6, 6.07) is -0.554. The van der Waals surface area contributed by atoms with Crippen LogP contribution < -0.4 is 5.32 Å². The number of aliphatic hydroxyl groups excluding tert-OH is 2. The summed E-state index contributed by atoms with van der Waals surface area (Å²) in [6.45, 7) is 4.89. The minimum atomic E-state index is -0.675. The predicted molar refractivity (Wildman–Crippen MR) is 269 cm³/mol. The van der Waals surface area contributed by atoms with Crippen LogP contribution in [-0.4, -0.2) is 47.4 Å². The molecule has 0 aromatic heterocycles. The molecule has 2 unspecified atom stereocenters. The highest BCUT2D eigenvalue weighted by molar-refractivity contribution is 5.76. The monoisotopic (exact) mass is 872 g/mol. The first kappa shape index (κ1) is 60.1. The number of esters is 1. The summed E-state index contributed by atoms with van der Waals surface area (Å²) in [4.78, 5) is 24.5. The molecule has 1 amide bonds. The van der Waals surface area contributed by atoms with Crippen LogP contribution in [0, 0.1) is 0 Å². The van der Waals surface area contributed by atoms with Gasteiger partial charge in [-0.2, -0.15) is 0 Å². The van der Waals surface area contributed by atoms with Crippen molar-refractivity contribution in [2.75, 3.05) is 13.2 Å². The lowest BCUT2D eigenvalue weighted by Crippen LogP contribution is -2.45. The van der Waals surface area contributed by atoms with E-state index < -0.39 is 12.1 Å². The van der Waals surface area contributed by atoms with Crippen molar-refractivity contribution >= 4 is 11.9 Å². The highest BCUT2D eigenvalue weighted by atomic mass is 16.5. The molecule has 0 aliphatic heterocycles. The second kappa shape index (κ2) is 51.7. The van der Waals surface area contributed by atoms with E-state index in [0.717, 1.165) is 70.6 Å². The van der Waals surface area contributed by atoms with Crippen molar-refractivity contribution in [1.29, 1.82) is 0 Å². The standard InChI is InChI=1S/C56H105NO5/c1-3-5-7-9-11-13-15-17-21-26-30-34-38-42-46-50-56(61)62-51-47-43-39-35-31-27-23-20-19-22-25-29-33-37-41-45-49-55(60)57-53(52-58)54(59)48-44-40-36-32-28-24-18-16-14-12-10-8-6-4-2/h11,13,17,19,21-22,53-54,58-59H,3-10,12,14-16,18,20,23-52H2,1-2H3,(H,57,60)/b13-11-,21-17-,22-19-. The van der Waals surface area contributed by atoms with E-state index in [0.29, 0.717) is 25.9 Å². The third-order valence-corrected chi connectivity index (χ3v) is 12.4. The highest BCUT2D eigenvalue weighted by Crippen LogP contribution is 2.16. The zero-order valence-corrected chi connectivity index (χ0v) is 41.4. The summed E-state index contributed by atoms with van der Waals surface area (Å²) in [7, 11) is 0. The van der Waals surface area contributed by atoms with Crippen LogP contribution in [0.2, 0.25) is 0 Å². The molecule has 0 aliphatic rings. The fraction of sp³-hybridized carbons (Fsp3) is 0.857. The summed E-state index contributed by atoms with van der Waals surface area (Å²) in [6.07, 6.45) is 62.6. The number of amides is 1. The zero-order valence-electron chi connectivity index (χ0n) is 41.4. The van der Waals surface area contributed by atoms with Crippen molar-refractivity contribution in [1.82, 2.24) is 5.32 Å². The second-order valence-corrected chi connectivity index (χ2v) is 18.6. The Morgan fingerprint density at radius 1 is 0.452 bits per heavy atom. The van der Waals surface area contributed by atoms with Crippen LogP contribution in [0.5, 0.6) is 0 Å². The highest BCUT2D eigenvalue weighted by Gasteiger charge is 2.20. The molecule has 0 bridgehead atoms. The van der Waals surface area contributed by atoms with Crippen LogP contribution >= 0.6 is 0 Å². The summed E-state index contributed by atoms with van der Waals surface area (Å²) >= 11 is 0. The zero-order chi connectivity index (χ0) is 45.1. The number of carbonyl (C=O) groups excluding carboxylic acids is 2. The molecule has 0 aromatic carbocycles. The Bertz CT molecular complexity index is 1010. The Morgan fingerprint density at radius 3 is 1.27 bits per heavy atom. The molecule has 0 aromatic rings. The van der Waals surface area contributed by atoms with Gasteiger partial charge in [-0.15, -0.1) is 0 Å². The summed E-state index contributed by atoms with van der Waals surface area (Å²) in [5.41, 5.74) is 0. The molecule has 0 aliphatic carbocycles. The van der Waals surface area contributed by atoms with Gasteiger partial charge in [-0.1, -0.05) is 224 Å². The lowest BCUT2D eigenvalue weighted by molar-refractivity contribution is -0.143. The van der Waals surface area contributed by atoms with Gasteiger partial charge in [0.2, 0.25) is 5.91 Å². The Labute approximate surface area is 385 Å². The molecule has 0 saturated carbocycles. The number of carbonyl (C=O) groups is 2. The molecular formula is C56H105NO5. The Hall–Kier alpha value is -1.92. The van der Waals surface area contributed by atoms with E-state index in [1.54, 1.807) is 0 Å². The van der Waals surface area contributed by atoms with Crippen molar-refractivity contribution in [3.8, 4) is 0 Å². The molecule has 6 nitrogen and oxygen atoms in total. The SMILES string of the molecule is CCCCC/C=C\C/C=C\CCCCCCCC(=O)OCCCCCCCCC/C=C\CCCCCCCC(=O)NC(CO)C(O)CCCCCCCCCCCCCCCC. The van der Waals surface area contributed by atoms with Gasteiger partial charge in [-0.25, -0.2) is 0 Å². The van der Waals surface area contributed by atoms with E-state index in [1.165, 1.54) is 180 Å². The third-order valence-electron chi connectivity index (χ3n) is 12.4. The van der Waals surface area contributed by atoms with E-state index in [1.807, 2.05) is 0 Å². The number of rotatable bonds is 50. The van der Waals surface area contributed by atoms with Crippen LogP contribution in [0.25, 0.3) is 0 Å². The predicted octanol–water partition coefficient (Wildman–Crippen LogP) is 16.5. The van der Waals surface area contributed by atoms with Gasteiger partial charge in [-0.3, -0.25) is 9.59 Å². The van der Waals surface area contributed by atoms with Crippen LogP contribution in [0.1, 0.15) is 284 Å². The van der Waals surface area contributed by atoms with Crippen molar-refractivity contribution in [2.45, 2.75) is 296 Å². The number of aliphatic hydroxyl groups is 2. The Balaban J connectivity index is 3.48. The number of hydrogen-bond acceptors (Lipinski definition) is 5. The number of unbranched alkanes of at least 4 members (excludes halogenated alkanes) is 33. The topological polar surface area (TPSA) is 95.9 Å². The quantitative estimate of drug-likeness (QED) is 0.0321. The Morgan fingerprint density at radius 2 is 0.806 bits per heavy atom. The normalized spacial score (nSPS) is 12.9. The van der Waals surface area contributed by atoms with E-state index in [4.69, 9.17) is 4.74 Å². The number of nitrogens with one attached hydrogen (secondary N) is 1. The molecule has 364 valence electrons. The third kappa shape index (κ3) is 47.6. The first-order valence-corrected chi connectivity index (χ1v) is 27.2. The van der Waals surface area contributed by atoms with E-state index in [9.17, 15) is 19.8 Å². The molecule has 0 radical (unpaired) electrons. The van der Waals surface area contributed by atoms with Crippen LogP contribution in [0.4, 0.5) is 0 Å². The Kier molecular flexibility index (Phi) is 50.1. The summed E-state index contributed by atoms with van der Waals surface area (Å²) in [5, 5.41) is 23.2. The van der Waals surface area contributed by atoms with E-state index >= 15 is 0 Å². The maximum absolute atomic E-state index is 12.4. The molecule has 62 heavy (non-hydrogen) atoms. The maximum Gasteiger partial charge on any atom is 0.305 e. The number of ether oxygens (including phenoxy) is 1. The molecule has 0 rings (SSSR count). The van der Waals surface area contributed by atoms with Gasteiger partial charge in [0.15, 0.2) is 0 Å². The number of allylic oxidation sites excluding steroid dienone is 6. The smallest absolute Gasteiger partial charge is 0.305 e. The van der Waals surface area contributed by atoms with Gasteiger partial charge in [0.25, 0.3) is 0 Å². The first-order chi connectivity index (χ1) is 30.5. The van der Waals surface area contributed by atoms with Gasteiger partial charge in [0, 0.05) is 12.8 Å². The largest absolute Gasteiger partial charge is 0.466 e. The minimum Gasteiger partial charge on any atom is -0.466 e. The molecule has 0 heterocycles. The van der Waals surface area contributed by atoms with Gasteiger partial charge < -0.3 is 20.3 Å². The molecule has 0 saturated heterocycles. The maximum atomic E-state index is 12.4. The molecule has 0 fully saturated rings. The van der Waals surface area contributed by atoms with E-state index in [-0.39, 0.29) is 18.5 Å². The van der Waals surface area contributed by atoms with E-state index in [2.05, 4.69) is 55.6 Å². The van der Waals surface area contributed by atoms with Crippen LogP contribution in [-0.2, 0) is 14.3 Å². The van der Waals surface area contributed by atoms with Gasteiger partial charge in [0.05, 0.1) is 25.4 Å². The summed E-state index contributed by atoms with van der Waals surface area (Å²) in [5.74, 6) is -0.0699.